The molecule has 0 spiro atoms. The Balaban J connectivity index is 2.13. The van der Waals surface area contributed by atoms with Crippen molar-refractivity contribution in [1.29, 1.82) is 0 Å². The molecule has 118 valence electrons. The average Bonchev–Trinajstić information content (AvgIpc) is 2.87. The number of halogens is 2. The molecule has 1 aromatic heterocycles. The minimum absolute atomic E-state index is 0.181. The van der Waals surface area contributed by atoms with Crippen LogP contribution >= 0.6 is 11.6 Å². The maximum absolute atomic E-state index is 14.0. The molecule has 2 aromatic carbocycles. The Kier molecular flexibility index (Phi) is 4.02. The third-order valence-corrected chi connectivity index (χ3v) is 3.82. The topological polar surface area (TPSA) is 72.9 Å². The first-order valence-electron chi connectivity index (χ1n) is 6.91. The summed E-state index contributed by atoms with van der Waals surface area (Å²) >= 11 is 5.77. The van der Waals surface area contributed by atoms with Gasteiger partial charge in [0.15, 0.2) is 5.69 Å². The van der Waals surface area contributed by atoms with Gasteiger partial charge in [0.2, 0.25) is 0 Å². The van der Waals surface area contributed by atoms with Crippen LogP contribution in [0.4, 0.5) is 4.39 Å². The molecule has 3 N–H and O–H groups in total. The van der Waals surface area contributed by atoms with E-state index in [1.165, 1.54) is 6.07 Å². The van der Waals surface area contributed by atoms with E-state index in [4.69, 9.17) is 17.4 Å². The standard InChI is InChI=1S/C16H14ClFN4O/c1-9-2-5-12-14(6-9)22(21-15(12)16(23)20-19)8-10-3-4-11(17)7-13(10)18/h2-7H,8,19H2,1H3,(H,20,23). The molecule has 0 aliphatic carbocycles. The molecular formula is C16H14ClFN4O. The number of nitrogens with two attached hydrogens (primary N) is 1. The summed E-state index contributed by atoms with van der Waals surface area (Å²) in [6, 6.07) is 10.0. The van der Waals surface area contributed by atoms with Gasteiger partial charge in [0.25, 0.3) is 5.91 Å². The fraction of sp³-hybridized carbons (Fsp3) is 0.125. The highest BCUT2D eigenvalue weighted by Gasteiger charge is 2.17. The SMILES string of the molecule is Cc1ccc2c(C(=O)NN)nn(Cc3ccc(Cl)cc3F)c2c1. The molecule has 0 aliphatic rings. The Morgan fingerprint density at radius 2 is 2.13 bits per heavy atom. The normalized spacial score (nSPS) is 11.0. The van der Waals surface area contributed by atoms with E-state index in [1.54, 1.807) is 22.9 Å². The predicted molar refractivity (Wildman–Crippen MR) is 86.6 cm³/mol. The van der Waals surface area contributed by atoms with Gasteiger partial charge in [-0.2, -0.15) is 5.10 Å². The number of nitrogen functional groups attached to an aromatic ring is 1. The van der Waals surface area contributed by atoms with E-state index in [9.17, 15) is 9.18 Å². The van der Waals surface area contributed by atoms with Crippen molar-refractivity contribution in [2.75, 3.05) is 0 Å². The van der Waals surface area contributed by atoms with Crippen LogP contribution in [0.15, 0.2) is 36.4 Å². The molecule has 0 unspecified atom stereocenters. The molecule has 5 nitrogen and oxygen atoms in total. The summed E-state index contributed by atoms with van der Waals surface area (Å²) in [5, 5.41) is 5.27. The Labute approximate surface area is 136 Å². The van der Waals surface area contributed by atoms with Gasteiger partial charge in [0.1, 0.15) is 5.82 Å². The maximum Gasteiger partial charge on any atom is 0.286 e. The predicted octanol–water partition coefficient (Wildman–Crippen LogP) is 2.79. The lowest BCUT2D eigenvalue weighted by atomic mass is 10.1. The summed E-state index contributed by atoms with van der Waals surface area (Å²) in [6.07, 6.45) is 0. The molecule has 0 fully saturated rings. The van der Waals surface area contributed by atoms with Gasteiger partial charge in [-0.15, -0.1) is 0 Å². The molecule has 3 aromatic rings. The van der Waals surface area contributed by atoms with Gasteiger partial charge in [-0.1, -0.05) is 29.8 Å². The van der Waals surface area contributed by atoms with E-state index >= 15 is 0 Å². The van der Waals surface area contributed by atoms with Crippen molar-refractivity contribution in [2.24, 2.45) is 5.84 Å². The zero-order valence-corrected chi connectivity index (χ0v) is 13.1. The zero-order valence-electron chi connectivity index (χ0n) is 12.3. The number of carbonyl (C=O) groups excluding carboxylic acids is 1. The van der Waals surface area contributed by atoms with Gasteiger partial charge in [-0.05, 0) is 30.7 Å². The smallest absolute Gasteiger partial charge is 0.286 e. The van der Waals surface area contributed by atoms with E-state index in [1.807, 2.05) is 19.1 Å². The van der Waals surface area contributed by atoms with Crippen molar-refractivity contribution in [3.05, 3.63) is 64.1 Å². The van der Waals surface area contributed by atoms with Crippen molar-refractivity contribution in [3.63, 3.8) is 0 Å². The van der Waals surface area contributed by atoms with Crippen molar-refractivity contribution in [3.8, 4) is 0 Å². The van der Waals surface area contributed by atoms with Crippen LogP contribution in [0.1, 0.15) is 21.6 Å². The molecule has 3 rings (SSSR count). The molecule has 23 heavy (non-hydrogen) atoms. The number of carbonyl (C=O) groups is 1. The molecule has 0 saturated carbocycles. The number of aryl methyl sites for hydroxylation is 1. The summed E-state index contributed by atoms with van der Waals surface area (Å²) in [7, 11) is 0. The van der Waals surface area contributed by atoms with Crippen LogP contribution in [0.3, 0.4) is 0 Å². The molecule has 0 aliphatic heterocycles. The molecule has 0 bridgehead atoms. The second-order valence-electron chi connectivity index (χ2n) is 5.24. The van der Waals surface area contributed by atoms with Crippen LogP contribution in [0.2, 0.25) is 5.02 Å². The number of hydrogen-bond acceptors (Lipinski definition) is 3. The first-order chi connectivity index (χ1) is 11.0. The highest BCUT2D eigenvalue weighted by molar-refractivity contribution is 6.30. The van der Waals surface area contributed by atoms with Crippen LogP contribution in [0.5, 0.6) is 0 Å². The van der Waals surface area contributed by atoms with Gasteiger partial charge in [-0.3, -0.25) is 14.9 Å². The monoisotopic (exact) mass is 332 g/mol. The van der Waals surface area contributed by atoms with E-state index in [0.717, 1.165) is 11.1 Å². The van der Waals surface area contributed by atoms with Crippen molar-refractivity contribution < 1.29 is 9.18 Å². The third-order valence-electron chi connectivity index (χ3n) is 3.59. The zero-order chi connectivity index (χ0) is 16.6. The third kappa shape index (κ3) is 2.91. The second-order valence-corrected chi connectivity index (χ2v) is 5.67. The molecular weight excluding hydrogens is 319 g/mol. The Morgan fingerprint density at radius 3 is 2.83 bits per heavy atom. The lowest BCUT2D eigenvalue weighted by molar-refractivity contribution is 0.0949. The lowest BCUT2D eigenvalue weighted by Crippen LogP contribution is -2.30. The molecule has 0 radical (unpaired) electrons. The van der Waals surface area contributed by atoms with Crippen LogP contribution in [0.25, 0.3) is 10.9 Å². The van der Waals surface area contributed by atoms with Crippen molar-refractivity contribution in [2.45, 2.75) is 13.5 Å². The Hall–Kier alpha value is -2.44. The maximum atomic E-state index is 14.0. The fourth-order valence-corrected chi connectivity index (χ4v) is 2.61. The average molecular weight is 333 g/mol. The van der Waals surface area contributed by atoms with Crippen molar-refractivity contribution in [1.82, 2.24) is 15.2 Å². The molecule has 0 saturated heterocycles. The minimum Gasteiger partial charge on any atom is -0.289 e. The van der Waals surface area contributed by atoms with Crippen molar-refractivity contribution >= 4 is 28.4 Å². The summed E-state index contributed by atoms with van der Waals surface area (Å²) in [5.41, 5.74) is 4.46. The minimum atomic E-state index is -0.491. The molecule has 1 heterocycles. The first-order valence-corrected chi connectivity index (χ1v) is 7.29. The molecule has 1 amide bonds. The number of rotatable bonds is 3. The highest BCUT2D eigenvalue weighted by atomic mass is 35.5. The van der Waals surface area contributed by atoms with E-state index in [0.29, 0.717) is 16.0 Å². The number of benzene rings is 2. The number of nitrogens with one attached hydrogen (secondary N) is 1. The highest BCUT2D eigenvalue weighted by Crippen LogP contribution is 2.22. The van der Waals surface area contributed by atoms with E-state index in [-0.39, 0.29) is 12.2 Å². The summed E-state index contributed by atoms with van der Waals surface area (Å²) in [4.78, 5) is 11.9. The summed E-state index contributed by atoms with van der Waals surface area (Å²) in [6.45, 7) is 2.11. The Morgan fingerprint density at radius 1 is 1.35 bits per heavy atom. The van der Waals surface area contributed by atoms with Gasteiger partial charge in [-0.25, -0.2) is 10.2 Å². The number of hydrazine groups is 1. The summed E-state index contributed by atoms with van der Waals surface area (Å²) in [5.74, 6) is 4.29. The summed E-state index contributed by atoms with van der Waals surface area (Å²) < 4.78 is 15.6. The molecule has 0 atom stereocenters. The fourth-order valence-electron chi connectivity index (χ4n) is 2.45. The van der Waals surface area contributed by atoms with E-state index < -0.39 is 11.7 Å². The number of aromatic nitrogens is 2. The number of hydrogen-bond donors (Lipinski definition) is 2. The van der Waals surface area contributed by atoms with Crippen LogP contribution in [0, 0.1) is 12.7 Å². The second kappa shape index (κ2) is 5.98. The van der Waals surface area contributed by atoms with E-state index in [2.05, 4.69) is 10.5 Å². The van der Waals surface area contributed by atoms with Crippen LogP contribution in [-0.2, 0) is 6.54 Å². The Bertz CT molecular complexity index is 906. The van der Waals surface area contributed by atoms with Gasteiger partial charge in [0.05, 0.1) is 12.1 Å². The molecule has 7 heteroatoms. The van der Waals surface area contributed by atoms with Crippen LogP contribution < -0.4 is 11.3 Å². The number of fused-ring (bicyclic) bond motifs is 1. The first kappa shape index (κ1) is 15.5. The van der Waals surface area contributed by atoms with Gasteiger partial charge >= 0.3 is 0 Å². The number of amides is 1. The van der Waals surface area contributed by atoms with Gasteiger partial charge < -0.3 is 0 Å². The number of nitrogens with zero attached hydrogens (tertiary/aromatic N) is 2. The quantitative estimate of drug-likeness (QED) is 0.440. The van der Waals surface area contributed by atoms with Crippen LogP contribution in [-0.4, -0.2) is 15.7 Å². The largest absolute Gasteiger partial charge is 0.289 e. The lowest BCUT2D eigenvalue weighted by Gasteiger charge is -2.06. The van der Waals surface area contributed by atoms with Gasteiger partial charge in [0, 0.05) is 16.0 Å².